The van der Waals surface area contributed by atoms with Crippen molar-refractivity contribution in [2.45, 2.75) is 37.3 Å². The van der Waals surface area contributed by atoms with Crippen LogP contribution in [0.15, 0.2) is 60.1 Å². The number of ketones is 1. The summed E-state index contributed by atoms with van der Waals surface area (Å²) in [6, 6.07) is 10.3. The minimum Gasteiger partial charge on any atom is -0.381 e. The third-order valence-electron chi connectivity index (χ3n) is 6.49. The number of hydrogen-bond acceptors (Lipinski definition) is 8. The van der Waals surface area contributed by atoms with Gasteiger partial charge in [-0.2, -0.15) is 5.26 Å². The van der Waals surface area contributed by atoms with Crippen molar-refractivity contribution in [1.82, 2.24) is 19.9 Å². The molecule has 0 radical (unpaired) electrons. The minimum atomic E-state index is -3.59. The summed E-state index contributed by atoms with van der Waals surface area (Å²) in [5.41, 5.74) is 3.88. The van der Waals surface area contributed by atoms with Gasteiger partial charge in [-0.05, 0) is 49.1 Å². The Hall–Kier alpha value is -4.10. The number of carbonyl (C=O) groups excluding carboxylic acids is 1. The summed E-state index contributed by atoms with van der Waals surface area (Å²) in [6.45, 7) is 1.83. The van der Waals surface area contributed by atoms with Crippen LogP contribution in [0.2, 0.25) is 0 Å². The molecule has 1 aliphatic rings. The summed E-state index contributed by atoms with van der Waals surface area (Å²) in [4.78, 5) is 28.3. The van der Waals surface area contributed by atoms with Gasteiger partial charge in [0, 0.05) is 53.8 Å². The summed E-state index contributed by atoms with van der Waals surface area (Å²) in [5.74, 6) is 0.0100. The summed E-state index contributed by atoms with van der Waals surface area (Å²) >= 11 is 0. The summed E-state index contributed by atoms with van der Waals surface area (Å²) < 4.78 is 25.6. The standard InChI is InChI=1S/C26H24N6O3S/c1-2-23(33)18-4-7-28-22(12-18)21-14-31-26-20(5-8-30-26)25(21)32-19-9-17(10-19)15-36(34,35)24-11-16(13-27)3-6-29-24/h3-8,11-12,14,17,19H,2,9-10,15H2,1H3,(H2,30,31,32). The number of rotatable bonds is 8. The van der Waals surface area contributed by atoms with E-state index < -0.39 is 9.84 Å². The number of anilines is 1. The SMILES string of the molecule is CCC(=O)c1ccnc(-c2cnc3[nH]ccc3c2NC2CC(CS(=O)(=O)c3cc(C#N)ccn3)C2)c1. The molecule has 4 heterocycles. The molecule has 4 aromatic heterocycles. The van der Waals surface area contributed by atoms with Gasteiger partial charge in [0.1, 0.15) is 5.65 Å². The van der Waals surface area contributed by atoms with E-state index in [2.05, 4.69) is 25.3 Å². The first-order chi connectivity index (χ1) is 17.4. The van der Waals surface area contributed by atoms with Crippen LogP contribution in [0, 0.1) is 17.2 Å². The van der Waals surface area contributed by atoms with Gasteiger partial charge in [-0.1, -0.05) is 6.92 Å². The fourth-order valence-corrected chi connectivity index (χ4v) is 6.14. The molecule has 182 valence electrons. The zero-order chi connectivity index (χ0) is 25.3. The molecule has 4 aromatic rings. The molecule has 10 heteroatoms. The highest BCUT2D eigenvalue weighted by Crippen LogP contribution is 2.38. The molecule has 0 bridgehead atoms. The number of nitrogens with one attached hydrogen (secondary N) is 2. The van der Waals surface area contributed by atoms with Crippen molar-refractivity contribution in [3.05, 3.63) is 66.2 Å². The molecule has 1 aliphatic carbocycles. The zero-order valence-electron chi connectivity index (χ0n) is 19.6. The Morgan fingerprint density at radius 1 is 1.17 bits per heavy atom. The highest BCUT2D eigenvalue weighted by Gasteiger charge is 2.34. The number of aromatic amines is 1. The number of H-pyrrole nitrogens is 1. The predicted molar refractivity (Wildman–Crippen MR) is 135 cm³/mol. The Bertz CT molecular complexity index is 1600. The number of fused-ring (bicyclic) bond motifs is 1. The molecule has 0 amide bonds. The van der Waals surface area contributed by atoms with Gasteiger partial charge in [-0.25, -0.2) is 18.4 Å². The summed E-state index contributed by atoms with van der Waals surface area (Å²) in [7, 11) is -3.59. The molecule has 9 nitrogen and oxygen atoms in total. The highest BCUT2D eigenvalue weighted by atomic mass is 32.2. The van der Waals surface area contributed by atoms with Crippen LogP contribution in [-0.2, 0) is 9.84 Å². The van der Waals surface area contributed by atoms with Gasteiger partial charge in [0.05, 0.1) is 28.8 Å². The molecule has 1 saturated carbocycles. The van der Waals surface area contributed by atoms with Crippen molar-refractivity contribution in [3.63, 3.8) is 0 Å². The van der Waals surface area contributed by atoms with E-state index in [4.69, 9.17) is 5.26 Å². The first-order valence-electron chi connectivity index (χ1n) is 11.7. The lowest BCUT2D eigenvalue weighted by molar-refractivity contribution is 0.0988. The second-order valence-corrected chi connectivity index (χ2v) is 10.9. The van der Waals surface area contributed by atoms with Crippen LogP contribution >= 0.6 is 0 Å². The number of nitriles is 1. The van der Waals surface area contributed by atoms with Crippen LogP contribution in [0.25, 0.3) is 22.3 Å². The van der Waals surface area contributed by atoms with E-state index in [0.29, 0.717) is 30.5 Å². The summed E-state index contributed by atoms with van der Waals surface area (Å²) in [6.07, 6.45) is 8.28. The molecule has 0 aromatic carbocycles. The second-order valence-electron chi connectivity index (χ2n) is 8.95. The number of sulfone groups is 1. The molecule has 1 fully saturated rings. The van der Waals surface area contributed by atoms with Crippen LogP contribution in [0.4, 0.5) is 5.69 Å². The zero-order valence-corrected chi connectivity index (χ0v) is 20.4. The van der Waals surface area contributed by atoms with Crippen molar-refractivity contribution in [2.75, 3.05) is 11.1 Å². The number of carbonyl (C=O) groups is 1. The molecule has 2 N–H and O–H groups in total. The van der Waals surface area contributed by atoms with Crippen molar-refractivity contribution in [2.24, 2.45) is 5.92 Å². The molecule has 0 atom stereocenters. The normalized spacial score (nSPS) is 17.3. The fraction of sp³-hybridized carbons (Fsp3) is 0.269. The molecule has 0 aliphatic heterocycles. The van der Waals surface area contributed by atoms with Crippen LogP contribution in [0.3, 0.4) is 0 Å². The molecule has 0 saturated heterocycles. The van der Waals surface area contributed by atoms with Crippen LogP contribution in [0.1, 0.15) is 42.1 Å². The lowest BCUT2D eigenvalue weighted by atomic mass is 9.81. The Morgan fingerprint density at radius 2 is 1.97 bits per heavy atom. The van der Waals surface area contributed by atoms with Crippen LogP contribution < -0.4 is 5.32 Å². The third-order valence-corrected chi connectivity index (χ3v) is 8.26. The van der Waals surface area contributed by atoms with Crippen molar-refractivity contribution in [1.29, 1.82) is 5.26 Å². The maximum atomic E-state index is 12.8. The van der Waals surface area contributed by atoms with Gasteiger partial charge in [0.25, 0.3) is 0 Å². The second kappa shape index (κ2) is 9.51. The molecule has 36 heavy (non-hydrogen) atoms. The predicted octanol–water partition coefficient (Wildman–Crippen LogP) is 4.15. The first kappa shape index (κ1) is 23.6. The molecule has 0 spiro atoms. The summed E-state index contributed by atoms with van der Waals surface area (Å²) in [5, 5.41) is 13.5. The maximum Gasteiger partial charge on any atom is 0.195 e. The van der Waals surface area contributed by atoms with Gasteiger partial charge in [0.15, 0.2) is 20.6 Å². The van der Waals surface area contributed by atoms with E-state index in [-0.39, 0.29) is 34.1 Å². The average molecular weight is 501 g/mol. The van der Waals surface area contributed by atoms with E-state index in [0.717, 1.165) is 22.3 Å². The minimum absolute atomic E-state index is 0.0153. The fourth-order valence-electron chi connectivity index (χ4n) is 4.55. The topological polar surface area (TPSA) is 141 Å². The van der Waals surface area contributed by atoms with Gasteiger partial charge >= 0.3 is 0 Å². The van der Waals surface area contributed by atoms with E-state index in [1.807, 2.05) is 25.3 Å². The number of pyridine rings is 3. The lowest BCUT2D eigenvalue weighted by Gasteiger charge is -2.36. The lowest BCUT2D eigenvalue weighted by Crippen LogP contribution is -2.39. The Labute approximate surface area is 208 Å². The smallest absolute Gasteiger partial charge is 0.195 e. The Kier molecular flexibility index (Phi) is 6.24. The number of Topliss-reactive ketones (excluding diaryl/α,β-unsaturated/α-hetero) is 1. The van der Waals surface area contributed by atoms with E-state index in [1.54, 1.807) is 24.5 Å². The quantitative estimate of drug-likeness (QED) is 0.344. The molecule has 0 unspecified atom stereocenters. The van der Waals surface area contributed by atoms with Gasteiger partial charge in [-0.15, -0.1) is 0 Å². The third kappa shape index (κ3) is 4.57. The number of hydrogen-bond donors (Lipinski definition) is 2. The molecule has 5 rings (SSSR count). The van der Waals surface area contributed by atoms with Crippen LogP contribution in [0.5, 0.6) is 0 Å². The van der Waals surface area contributed by atoms with Crippen molar-refractivity contribution < 1.29 is 13.2 Å². The molecular formula is C26H24N6O3S. The highest BCUT2D eigenvalue weighted by molar-refractivity contribution is 7.91. The first-order valence-corrected chi connectivity index (χ1v) is 13.3. The number of nitrogens with zero attached hydrogens (tertiary/aromatic N) is 4. The maximum absolute atomic E-state index is 12.8. The van der Waals surface area contributed by atoms with Crippen molar-refractivity contribution in [3.8, 4) is 17.3 Å². The molecular weight excluding hydrogens is 476 g/mol. The van der Waals surface area contributed by atoms with E-state index >= 15 is 0 Å². The van der Waals surface area contributed by atoms with Gasteiger partial charge in [0.2, 0.25) is 0 Å². The van der Waals surface area contributed by atoms with Crippen LogP contribution in [-0.4, -0.2) is 45.9 Å². The largest absolute Gasteiger partial charge is 0.381 e. The van der Waals surface area contributed by atoms with E-state index in [1.165, 1.54) is 18.3 Å². The van der Waals surface area contributed by atoms with Gasteiger partial charge < -0.3 is 10.3 Å². The Morgan fingerprint density at radius 3 is 2.75 bits per heavy atom. The van der Waals surface area contributed by atoms with Crippen molar-refractivity contribution >= 4 is 32.3 Å². The average Bonchev–Trinajstić information content (AvgIpc) is 3.36. The van der Waals surface area contributed by atoms with Gasteiger partial charge in [-0.3, -0.25) is 9.78 Å². The number of aromatic nitrogens is 4. The van der Waals surface area contributed by atoms with E-state index in [9.17, 15) is 13.2 Å². The Balaban J connectivity index is 1.35. The monoisotopic (exact) mass is 500 g/mol.